The van der Waals surface area contributed by atoms with Crippen LogP contribution < -0.4 is 23.8 Å². The third-order valence-corrected chi connectivity index (χ3v) is 18.4. The first-order valence-electron chi connectivity index (χ1n) is 27.7. The van der Waals surface area contributed by atoms with Crippen LogP contribution in [-0.4, -0.2) is 33.0 Å². The summed E-state index contributed by atoms with van der Waals surface area (Å²) in [6.45, 7) is 35.9. The smallest absolute Gasteiger partial charge is 0.161 e. The lowest BCUT2D eigenvalue weighted by Gasteiger charge is -2.49. The van der Waals surface area contributed by atoms with Crippen LogP contribution in [0.1, 0.15) is 225 Å². The van der Waals surface area contributed by atoms with E-state index in [0.717, 1.165) is 55.2 Å². The number of hydrogen-bond acceptors (Lipinski definition) is 7. The predicted molar refractivity (Wildman–Crippen MR) is 296 cm³/mol. The SMILES string of the molecule is CCCCCCC(CCCCCC)CN1c2cc(C(C)C)sc2-c2sc(C(C)C)cc2C12c1cc(OCC(C)CC)c(OCC(C)CC)cc1-c1cc(OCC(C)CC)c(OCC(C)CC)cc12. The van der Waals surface area contributed by atoms with Crippen molar-refractivity contribution in [2.45, 2.75) is 204 Å². The Bertz CT molecular complexity index is 2090. The fourth-order valence-corrected chi connectivity index (χ4v) is 12.3. The number of benzene rings is 2. The summed E-state index contributed by atoms with van der Waals surface area (Å²) in [4.78, 5) is 8.71. The van der Waals surface area contributed by atoms with Crippen LogP contribution in [0.15, 0.2) is 36.4 Å². The summed E-state index contributed by atoms with van der Waals surface area (Å²) in [5, 5.41) is 0. The minimum atomic E-state index is -0.648. The van der Waals surface area contributed by atoms with Crippen LogP contribution in [0.3, 0.4) is 0 Å². The highest BCUT2D eigenvalue weighted by atomic mass is 32.1. The average molecular weight is 969 g/mol. The summed E-state index contributed by atoms with van der Waals surface area (Å²) in [5.41, 5.74) is 7.18. The number of hydrogen-bond donors (Lipinski definition) is 0. The van der Waals surface area contributed by atoms with Crippen molar-refractivity contribution >= 4 is 28.4 Å². The Morgan fingerprint density at radius 2 is 0.853 bits per heavy atom. The highest BCUT2D eigenvalue weighted by molar-refractivity contribution is 7.23. The molecule has 0 amide bonds. The fraction of sp³-hybridized carbons (Fsp3) is 0.672. The van der Waals surface area contributed by atoms with Gasteiger partial charge in [-0.05, 0) is 113 Å². The van der Waals surface area contributed by atoms with Crippen molar-refractivity contribution < 1.29 is 18.9 Å². The van der Waals surface area contributed by atoms with Crippen molar-refractivity contribution in [3.63, 3.8) is 0 Å². The molecule has 0 N–H and O–H groups in total. The van der Waals surface area contributed by atoms with E-state index >= 15 is 0 Å². The number of fused-ring (bicyclic) bond motifs is 9. The number of rotatable bonds is 30. The van der Waals surface area contributed by atoms with E-state index in [1.165, 1.54) is 117 Å². The number of thiophene rings is 2. The lowest BCUT2D eigenvalue weighted by molar-refractivity contribution is 0.217. The molecule has 5 nitrogen and oxygen atoms in total. The van der Waals surface area contributed by atoms with Gasteiger partial charge in [0, 0.05) is 21.9 Å². The zero-order valence-corrected chi connectivity index (χ0v) is 47.0. The van der Waals surface area contributed by atoms with E-state index in [1.807, 2.05) is 22.7 Å². The van der Waals surface area contributed by atoms with E-state index in [0.29, 0.717) is 67.9 Å². The lowest BCUT2D eigenvalue weighted by Crippen LogP contribution is -2.51. The molecule has 0 saturated carbocycles. The largest absolute Gasteiger partial charge is 0.489 e. The van der Waals surface area contributed by atoms with Gasteiger partial charge >= 0.3 is 0 Å². The first-order chi connectivity index (χ1) is 32.7. The molecule has 7 heteroatoms. The maximum absolute atomic E-state index is 7.03. The van der Waals surface area contributed by atoms with Gasteiger partial charge in [-0.3, -0.25) is 0 Å². The van der Waals surface area contributed by atoms with Crippen molar-refractivity contribution in [1.82, 2.24) is 0 Å². The number of ether oxygens (including phenoxy) is 4. The normalized spacial score (nSPS) is 16.8. The van der Waals surface area contributed by atoms with Crippen LogP contribution >= 0.6 is 22.7 Å². The Morgan fingerprint density at radius 1 is 0.456 bits per heavy atom. The lowest BCUT2D eigenvalue weighted by atomic mass is 9.75. The predicted octanol–water partition coefficient (Wildman–Crippen LogP) is 19.1. The summed E-state index contributed by atoms with van der Waals surface area (Å²) >= 11 is 4.07. The molecular weight excluding hydrogens is 875 g/mol. The van der Waals surface area contributed by atoms with Gasteiger partial charge in [0.05, 0.1) is 41.9 Å². The molecule has 2 aliphatic rings. The van der Waals surface area contributed by atoms with Crippen LogP contribution in [0.5, 0.6) is 23.0 Å². The van der Waals surface area contributed by atoms with Gasteiger partial charge in [0.2, 0.25) is 0 Å². The molecule has 0 bridgehead atoms. The summed E-state index contributed by atoms with van der Waals surface area (Å²) in [6.07, 6.45) is 17.0. The molecule has 2 aromatic carbocycles. The van der Waals surface area contributed by atoms with E-state index in [1.54, 1.807) is 0 Å². The molecule has 4 aromatic rings. The van der Waals surface area contributed by atoms with Gasteiger partial charge in [-0.15, -0.1) is 22.7 Å². The van der Waals surface area contributed by atoms with Gasteiger partial charge < -0.3 is 23.8 Å². The minimum Gasteiger partial charge on any atom is -0.489 e. The Morgan fingerprint density at radius 3 is 1.25 bits per heavy atom. The molecule has 0 saturated heterocycles. The monoisotopic (exact) mass is 968 g/mol. The van der Waals surface area contributed by atoms with E-state index in [9.17, 15) is 0 Å². The molecule has 4 atom stereocenters. The molecule has 68 heavy (non-hydrogen) atoms. The van der Waals surface area contributed by atoms with Crippen molar-refractivity contribution in [3.8, 4) is 43.9 Å². The van der Waals surface area contributed by atoms with Gasteiger partial charge in [-0.2, -0.15) is 0 Å². The van der Waals surface area contributed by atoms with Crippen molar-refractivity contribution in [3.05, 3.63) is 62.8 Å². The van der Waals surface area contributed by atoms with Crippen LogP contribution in [0, 0.1) is 29.6 Å². The molecule has 2 aromatic heterocycles. The number of anilines is 1. The van der Waals surface area contributed by atoms with Gasteiger partial charge in [0.15, 0.2) is 23.0 Å². The second-order valence-electron chi connectivity index (χ2n) is 21.9. The first-order valence-corrected chi connectivity index (χ1v) is 29.3. The second kappa shape index (κ2) is 25.3. The third kappa shape index (κ3) is 12.1. The zero-order chi connectivity index (χ0) is 49.1. The van der Waals surface area contributed by atoms with Crippen LogP contribution in [0.25, 0.3) is 20.9 Å². The van der Waals surface area contributed by atoms with Gasteiger partial charge in [0.25, 0.3) is 0 Å². The number of unbranched alkanes of at least 4 members (excludes halogenated alkanes) is 6. The Labute approximate surface area is 423 Å². The van der Waals surface area contributed by atoms with Gasteiger partial charge in [0.1, 0.15) is 5.54 Å². The Kier molecular flexibility index (Phi) is 20.1. The highest BCUT2D eigenvalue weighted by Gasteiger charge is 2.56. The second-order valence-corrected chi connectivity index (χ2v) is 24.1. The van der Waals surface area contributed by atoms with Crippen molar-refractivity contribution in [2.75, 3.05) is 37.9 Å². The van der Waals surface area contributed by atoms with Gasteiger partial charge in [-0.25, -0.2) is 0 Å². The minimum absolute atomic E-state index is 0.394. The maximum atomic E-state index is 7.03. The average Bonchev–Trinajstić information content (AvgIpc) is 4.06. The molecule has 1 aliphatic heterocycles. The molecule has 0 fully saturated rings. The Hall–Kier alpha value is -3.16. The van der Waals surface area contributed by atoms with Crippen LogP contribution in [0.2, 0.25) is 0 Å². The molecule has 3 heterocycles. The molecule has 1 aliphatic carbocycles. The summed E-state index contributed by atoms with van der Waals surface area (Å²) < 4.78 is 27.9. The maximum Gasteiger partial charge on any atom is 0.161 e. The fourth-order valence-electron chi connectivity index (χ4n) is 9.79. The van der Waals surface area contributed by atoms with Crippen LogP contribution in [0.4, 0.5) is 5.69 Å². The van der Waals surface area contributed by atoms with E-state index < -0.39 is 5.54 Å². The molecule has 0 radical (unpaired) electrons. The summed E-state index contributed by atoms with van der Waals surface area (Å²) in [6, 6.07) is 14.8. The van der Waals surface area contributed by atoms with E-state index in [-0.39, 0.29) is 0 Å². The third-order valence-electron chi connectivity index (χ3n) is 15.4. The molecular formula is C61H93NO4S2. The van der Waals surface area contributed by atoms with Crippen molar-refractivity contribution in [2.24, 2.45) is 29.6 Å². The van der Waals surface area contributed by atoms with Gasteiger partial charge in [-0.1, -0.05) is 174 Å². The molecule has 1 spiro atoms. The standard InChI is InChI=1S/C61H93NO4S2/c1-15-21-23-25-27-46(28-26-24-22-16-2)35-62-52-34-58(41(9)10)68-60(52)59-51(33-57(67-59)40(7)8)61(62)49-31-55(65-38-44(13)19-5)53(63-36-42(11)17-3)29-47(49)48-30-54(64-37-43(12)18-4)56(32-50(48)61)66-39-45(14)20-6/h29-34,40-46H,15-28,35-39H2,1-14H3. The molecule has 378 valence electrons. The molecule has 4 unspecified atom stereocenters. The molecule has 6 rings (SSSR count). The first kappa shape index (κ1) is 54.2. The van der Waals surface area contributed by atoms with Crippen molar-refractivity contribution in [1.29, 1.82) is 0 Å². The summed E-state index contributed by atoms with van der Waals surface area (Å²) in [5.74, 6) is 6.44. The summed E-state index contributed by atoms with van der Waals surface area (Å²) in [7, 11) is 0. The topological polar surface area (TPSA) is 40.2 Å². The van der Waals surface area contributed by atoms with E-state index in [4.69, 9.17) is 18.9 Å². The highest BCUT2D eigenvalue weighted by Crippen LogP contribution is 2.66. The van der Waals surface area contributed by atoms with E-state index in [2.05, 4.69) is 138 Å². The Balaban J connectivity index is 1.74. The van der Waals surface area contributed by atoms with Crippen LogP contribution in [-0.2, 0) is 5.54 Å². The number of nitrogens with zero attached hydrogens (tertiary/aromatic N) is 1. The quantitative estimate of drug-likeness (QED) is 0.0487. The zero-order valence-electron chi connectivity index (χ0n) is 45.3.